The summed E-state index contributed by atoms with van der Waals surface area (Å²) >= 11 is 5.86. The van der Waals surface area contributed by atoms with Crippen molar-refractivity contribution < 1.29 is 14.3 Å². The summed E-state index contributed by atoms with van der Waals surface area (Å²) in [6, 6.07) is 14.0. The van der Waals surface area contributed by atoms with Crippen molar-refractivity contribution in [2.75, 3.05) is 33.8 Å². The fraction of sp³-hybridized carbons (Fsp3) is 0.364. The third-order valence-electron chi connectivity index (χ3n) is 5.06. The topological polar surface area (TPSA) is 49.9 Å². The van der Waals surface area contributed by atoms with Gasteiger partial charge in [0.15, 0.2) is 12.4 Å². The van der Waals surface area contributed by atoms with E-state index in [0.29, 0.717) is 27.9 Å². The molecule has 1 heterocycles. The Labute approximate surface area is 170 Å². The number of hydrogen-bond acceptors (Lipinski definition) is 4. The second kappa shape index (κ2) is 9.22. The first-order chi connectivity index (χ1) is 13.4. The first kappa shape index (κ1) is 20.4. The maximum atomic E-state index is 12.5. The van der Waals surface area contributed by atoms with Crippen LogP contribution in [0, 0.1) is 0 Å². The van der Waals surface area contributed by atoms with Crippen LogP contribution >= 0.6 is 11.6 Å². The van der Waals surface area contributed by atoms with Gasteiger partial charge in [0.25, 0.3) is 5.91 Å². The lowest BCUT2D eigenvalue weighted by Crippen LogP contribution is -2.48. The van der Waals surface area contributed by atoms with Gasteiger partial charge in [-0.1, -0.05) is 11.6 Å². The number of likely N-dealkylation sites (tertiary alicyclic amines) is 1. The Morgan fingerprint density at radius 1 is 1.07 bits per heavy atom. The molecule has 0 bridgehead atoms. The first-order valence-corrected chi connectivity index (χ1v) is 9.79. The van der Waals surface area contributed by atoms with E-state index in [-0.39, 0.29) is 18.3 Å². The second-order valence-electron chi connectivity index (χ2n) is 7.25. The van der Waals surface area contributed by atoms with E-state index in [1.807, 2.05) is 19.0 Å². The molecule has 1 amide bonds. The van der Waals surface area contributed by atoms with Crippen molar-refractivity contribution in [3.63, 3.8) is 0 Å². The van der Waals surface area contributed by atoms with Gasteiger partial charge in [-0.3, -0.25) is 9.59 Å². The van der Waals surface area contributed by atoms with Crippen molar-refractivity contribution in [1.82, 2.24) is 9.80 Å². The molecule has 1 unspecified atom stereocenters. The highest BCUT2D eigenvalue weighted by Crippen LogP contribution is 2.18. The SMILES string of the molecule is CN(C)C1CCCN(C(=O)COc2ccc(C(=O)c3ccc(Cl)cc3)cc2)C1. The van der Waals surface area contributed by atoms with Gasteiger partial charge in [-0.2, -0.15) is 0 Å². The molecule has 1 aliphatic heterocycles. The number of likely N-dealkylation sites (N-methyl/N-ethyl adjacent to an activating group) is 1. The Morgan fingerprint density at radius 2 is 1.68 bits per heavy atom. The summed E-state index contributed by atoms with van der Waals surface area (Å²) in [5.74, 6) is 0.484. The van der Waals surface area contributed by atoms with E-state index in [0.717, 1.165) is 25.9 Å². The van der Waals surface area contributed by atoms with Crippen LogP contribution in [-0.4, -0.2) is 61.3 Å². The number of hydrogen-bond donors (Lipinski definition) is 0. The number of carbonyl (C=O) groups excluding carboxylic acids is 2. The molecule has 0 saturated carbocycles. The van der Waals surface area contributed by atoms with E-state index in [1.165, 1.54) is 0 Å². The molecule has 5 nitrogen and oxygen atoms in total. The number of ketones is 1. The van der Waals surface area contributed by atoms with Gasteiger partial charge in [0.05, 0.1) is 0 Å². The van der Waals surface area contributed by atoms with Gasteiger partial charge in [0.1, 0.15) is 5.75 Å². The molecule has 6 heteroatoms. The first-order valence-electron chi connectivity index (χ1n) is 9.41. The Hall–Kier alpha value is -2.37. The lowest BCUT2D eigenvalue weighted by atomic mass is 10.0. The molecule has 0 aliphatic carbocycles. The quantitative estimate of drug-likeness (QED) is 0.696. The molecule has 2 aromatic rings. The molecule has 2 aromatic carbocycles. The van der Waals surface area contributed by atoms with E-state index >= 15 is 0 Å². The fourth-order valence-corrected chi connectivity index (χ4v) is 3.44. The molecule has 0 radical (unpaired) electrons. The molecule has 1 atom stereocenters. The minimum Gasteiger partial charge on any atom is -0.484 e. The third kappa shape index (κ3) is 5.12. The fourth-order valence-electron chi connectivity index (χ4n) is 3.31. The normalized spacial score (nSPS) is 16.9. The summed E-state index contributed by atoms with van der Waals surface area (Å²) in [6.07, 6.45) is 2.12. The average molecular weight is 401 g/mol. The number of halogens is 1. The zero-order chi connectivity index (χ0) is 20.1. The molecule has 3 rings (SSSR count). The molecule has 1 aliphatic rings. The maximum absolute atomic E-state index is 12.5. The standard InChI is InChI=1S/C22H25ClN2O3/c1-24(2)19-4-3-13-25(14-19)21(26)15-28-20-11-7-17(8-12-20)22(27)16-5-9-18(23)10-6-16/h5-12,19H,3-4,13-15H2,1-2H3. The molecular formula is C22H25ClN2O3. The van der Waals surface area contributed by atoms with Gasteiger partial charge in [0.2, 0.25) is 0 Å². The van der Waals surface area contributed by atoms with Crippen LogP contribution in [0.1, 0.15) is 28.8 Å². The third-order valence-corrected chi connectivity index (χ3v) is 5.32. The van der Waals surface area contributed by atoms with Gasteiger partial charge in [0, 0.05) is 35.3 Å². The number of ether oxygens (including phenoxy) is 1. The lowest BCUT2D eigenvalue weighted by Gasteiger charge is -2.36. The van der Waals surface area contributed by atoms with Crippen LogP contribution < -0.4 is 4.74 Å². The summed E-state index contributed by atoms with van der Waals surface area (Å²) in [4.78, 5) is 29.0. The van der Waals surface area contributed by atoms with Gasteiger partial charge in [-0.05, 0) is 75.5 Å². The summed E-state index contributed by atoms with van der Waals surface area (Å²) in [6.45, 7) is 1.52. The molecule has 0 aromatic heterocycles. The van der Waals surface area contributed by atoms with Crippen molar-refractivity contribution in [3.05, 3.63) is 64.7 Å². The number of amides is 1. The summed E-state index contributed by atoms with van der Waals surface area (Å²) < 4.78 is 5.64. The van der Waals surface area contributed by atoms with Crippen molar-refractivity contribution in [3.8, 4) is 5.75 Å². The van der Waals surface area contributed by atoms with Gasteiger partial charge in [-0.15, -0.1) is 0 Å². The smallest absolute Gasteiger partial charge is 0.260 e. The Morgan fingerprint density at radius 3 is 2.29 bits per heavy atom. The van der Waals surface area contributed by atoms with Crippen molar-refractivity contribution in [2.24, 2.45) is 0 Å². The molecular weight excluding hydrogens is 376 g/mol. The Kier molecular flexibility index (Phi) is 6.70. The number of carbonyl (C=O) groups is 2. The molecule has 1 saturated heterocycles. The highest BCUT2D eigenvalue weighted by atomic mass is 35.5. The summed E-state index contributed by atoms with van der Waals surface area (Å²) in [5.41, 5.74) is 1.14. The van der Waals surface area contributed by atoms with Crippen LogP contribution in [0.15, 0.2) is 48.5 Å². The minimum atomic E-state index is -0.0812. The van der Waals surface area contributed by atoms with Gasteiger partial charge < -0.3 is 14.5 Å². The van der Waals surface area contributed by atoms with E-state index in [9.17, 15) is 9.59 Å². The van der Waals surface area contributed by atoms with Crippen molar-refractivity contribution in [1.29, 1.82) is 0 Å². The summed E-state index contributed by atoms with van der Waals surface area (Å²) in [5, 5.41) is 0.593. The lowest BCUT2D eigenvalue weighted by molar-refractivity contribution is -0.135. The molecule has 0 N–H and O–H groups in total. The highest BCUT2D eigenvalue weighted by Gasteiger charge is 2.25. The Balaban J connectivity index is 1.55. The van der Waals surface area contributed by atoms with Crippen LogP contribution in [0.5, 0.6) is 5.75 Å². The van der Waals surface area contributed by atoms with Gasteiger partial charge >= 0.3 is 0 Å². The number of rotatable bonds is 6. The zero-order valence-corrected chi connectivity index (χ0v) is 17.0. The van der Waals surface area contributed by atoms with Crippen LogP contribution in [0.4, 0.5) is 0 Å². The van der Waals surface area contributed by atoms with E-state index < -0.39 is 0 Å². The molecule has 0 spiro atoms. The monoisotopic (exact) mass is 400 g/mol. The predicted molar refractivity (Wildman–Crippen MR) is 110 cm³/mol. The molecule has 1 fully saturated rings. The zero-order valence-electron chi connectivity index (χ0n) is 16.2. The molecule has 28 heavy (non-hydrogen) atoms. The van der Waals surface area contributed by atoms with E-state index in [2.05, 4.69) is 4.90 Å². The molecule has 148 valence electrons. The average Bonchev–Trinajstić information content (AvgIpc) is 2.72. The van der Waals surface area contributed by atoms with Crippen molar-refractivity contribution in [2.45, 2.75) is 18.9 Å². The van der Waals surface area contributed by atoms with Gasteiger partial charge in [-0.25, -0.2) is 0 Å². The predicted octanol–water partition coefficient (Wildman–Crippen LogP) is 3.50. The number of nitrogens with zero attached hydrogens (tertiary/aromatic N) is 2. The Bertz CT molecular complexity index is 819. The van der Waals surface area contributed by atoms with E-state index in [1.54, 1.807) is 48.5 Å². The van der Waals surface area contributed by atoms with E-state index in [4.69, 9.17) is 16.3 Å². The van der Waals surface area contributed by atoms with Crippen LogP contribution in [0.2, 0.25) is 5.02 Å². The second-order valence-corrected chi connectivity index (χ2v) is 7.68. The van der Waals surface area contributed by atoms with Crippen LogP contribution in [-0.2, 0) is 4.79 Å². The maximum Gasteiger partial charge on any atom is 0.260 e. The van der Waals surface area contributed by atoms with Crippen molar-refractivity contribution >= 4 is 23.3 Å². The summed E-state index contributed by atoms with van der Waals surface area (Å²) in [7, 11) is 4.09. The minimum absolute atomic E-state index is 0.00459. The van der Waals surface area contributed by atoms with Crippen LogP contribution in [0.3, 0.4) is 0 Å². The highest BCUT2D eigenvalue weighted by molar-refractivity contribution is 6.30. The number of piperidine rings is 1. The number of benzene rings is 2. The van der Waals surface area contributed by atoms with Crippen LogP contribution in [0.25, 0.3) is 0 Å². The largest absolute Gasteiger partial charge is 0.484 e.